The molecule has 274 valence electrons. The summed E-state index contributed by atoms with van der Waals surface area (Å²) in [7, 11) is 1.68. The second kappa shape index (κ2) is 16.7. The molecule has 7 heteroatoms. The highest BCUT2D eigenvalue weighted by Crippen LogP contribution is 2.25. The zero-order chi connectivity index (χ0) is 37.4. The molecule has 0 radical (unpaired) electrons. The monoisotopic (exact) mass is 717 g/mol. The fourth-order valence-corrected chi connectivity index (χ4v) is 7.07. The van der Waals surface area contributed by atoms with Crippen LogP contribution >= 0.6 is 0 Å². The quantitative estimate of drug-likeness (QED) is 0.0978. The van der Waals surface area contributed by atoms with Gasteiger partial charge in [-0.1, -0.05) is 80.6 Å². The lowest BCUT2D eigenvalue weighted by atomic mass is 9.92. The first-order valence-electron chi connectivity index (χ1n) is 18.9. The second-order valence-electron chi connectivity index (χ2n) is 13.5. The molecule has 1 fully saturated rings. The number of unbranched alkanes of at least 4 members (excludes halogenated alkanes) is 1. The van der Waals surface area contributed by atoms with Gasteiger partial charge in [0.25, 0.3) is 0 Å². The van der Waals surface area contributed by atoms with Gasteiger partial charge in [0, 0.05) is 22.8 Å². The maximum atomic E-state index is 13.2. The largest absolute Gasteiger partial charge is 0.497 e. The molecule has 0 unspecified atom stereocenters. The smallest absolute Gasteiger partial charge is 0.340 e. The molecule has 4 aromatic carbocycles. The minimum atomic E-state index is -0.383. The minimum absolute atomic E-state index is 0.373. The number of aromatic nitrogens is 2. The van der Waals surface area contributed by atoms with Crippen molar-refractivity contribution in [3.05, 3.63) is 153 Å². The number of fused-ring (bicyclic) bond motifs is 1. The first-order valence-corrected chi connectivity index (χ1v) is 18.9. The molecule has 7 nitrogen and oxygen atoms in total. The molecule has 6 aromatic rings. The van der Waals surface area contributed by atoms with Crippen LogP contribution in [0.5, 0.6) is 5.75 Å². The van der Waals surface area contributed by atoms with E-state index in [9.17, 15) is 4.79 Å². The molecule has 2 heterocycles. The van der Waals surface area contributed by atoms with E-state index in [1.807, 2.05) is 42.5 Å². The third-order valence-electron chi connectivity index (χ3n) is 10.0. The van der Waals surface area contributed by atoms with Crippen LogP contribution in [-0.4, -0.2) is 28.8 Å². The molecule has 0 N–H and O–H groups in total. The van der Waals surface area contributed by atoms with Gasteiger partial charge in [-0.05, 0) is 116 Å². The van der Waals surface area contributed by atoms with Crippen molar-refractivity contribution in [2.24, 2.45) is 4.99 Å². The number of nitrogens with zero attached hydrogens (tertiary/aromatic N) is 3. The molecule has 0 atom stereocenters. The molecule has 0 bridgehead atoms. The van der Waals surface area contributed by atoms with Crippen LogP contribution in [0.2, 0.25) is 0 Å². The number of hydrogen-bond donors (Lipinski definition) is 0. The first-order chi connectivity index (χ1) is 26.5. The summed E-state index contributed by atoms with van der Waals surface area (Å²) < 4.78 is 22.3. The molecule has 0 saturated heterocycles. The van der Waals surface area contributed by atoms with Crippen LogP contribution in [0, 0.1) is 0 Å². The summed E-state index contributed by atoms with van der Waals surface area (Å²) >= 11 is 0. The molecule has 2 aromatic heterocycles. The van der Waals surface area contributed by atoms with Crippen molar-refractivity contribution in [1.29, 1.82) is 0 Å². The molecule has 54 heavy (non-hydrogen) atoms. The lowest BCUT2D eigenvalue weighted by Crippen LogP contribution is -2.37. The van der Waals surface area contributed by atoms with E-state index in [2.05, 4.69) is 102 Å². The van der Waals surface area contributed by atoms with Crippen molar-refractivity contribution in [3.8, 4) is 11.4 Å². The Bertz CT molecular complexity index is 2620. The zero-order valence-corrected chi connectivity index (χ0v) is 31.4. The van der Waals surface area contributed by atoms with E-state index < -0.39 is 0 Å². The molecule has 1 aliphatic rings. The van der Waals surface area contributed by atoms with E-state index in [0.717, 1.165) is 87.8 Å². The second-order valence-corrected chi connectivity index (χ2v) is 13.5. The summed E-state index contributed by atoms with van der Waals surface area (Å²) in [5.74, 6) is 0.441. The summed E-state index contributed by atoms with van der Waals surface area (Å²) in [6.45, 7) is 9.18. The van der Waals surface area contributed by atoms with Gasteiger partial charge in [0.05, 0.1) is 41.2 Å². The van der Waals surface area contributed by atoms with E-state index in [-0.39, 0.29) is 5.97 Å². The molecule has 0 aliphatic heterocycles. The van der Waals surface area contributed by atoms with Gasteiger partial charge in [-0.15, -0.1) is 0 Å². The predicted molar refractivity (Wildman–Crippen MR) is 218 cm³/mol. The third kappa shape index (κ3) is 7.53. The fourth-order valence-electron chi connectivity index (χ4n) is 7.07. The average molecular weight is 718 g/mol. The Labute approximate surface area is 315 Å². The molecule has 7 rings (SSSR count). The van der Waals surface area contributed by atoms with Gasteiger partial charge in [0.15, 0.2) is 5.42 Å². The van der Waals surface area contributed by atoms with Crippen molar-refractivity contribution >= 4 is 46.4 Å². The molecular weight excluding hydrogens is 671 g/mol. The number of esters is 1. The normalized spacial score (nSPS) is 14.2. The zero-order valence-electron chi connectivity index (χ0n) is 31.4. The number of rotatable bonds is 12. The van der Waals surface area contributed by atoms with Gasteiger partial charge in [-0.25, -0.2) is 4.79 Å². The first kappa shape index (κ1) is 36.3. The van der Waals surface area contributed by atoms with Gasteiger partial charge in [-0.3, -0.25) is 4.57 Å². The number of carbonyl (C=O) groups excluding carboxylic acids is 1. The van der Waals surface area contributed by atoms with Crippen LogP contribution in [-0.2, 0) is 17.7 Å². The number of ether oxygens (including phenoxy) is 2. The Morgan fingerprint density at radius 2 is 1.76 bits per heavy atom. The van der Waals surface area contributed by atoms with Crippen LogP contribution in [0.1, 0.15) is 67.4 Å². The minimum Gasteiger partial charge on any atom is -0.497 e. The molecular formula is C47H47N3O4. The Balaban J connectivity index is 1.43. The van der Waals surface area contributed by atoms with Gasteiger partial charge in [0.1, 0.15) is 5.75 Å². The summed E-state index contributed by atoms with van der Waals surface area (Å²) in [5.41, 5.74) is 7.87. The number of aryl methyl sites for hydroxylation is 1. The van der Waals surface area contributed by atoms with Crippen molar-refractivity contribution in [1.82, 2.24) is 9.13 Å². The van der Waals surface area contributed by atoms with Crippen molar-refractivity contribution in [2.75, 3.05) is 13.7 Å². The Kier molecular flexibility index (Phi) is 11.2. The maximum absolute atomic E-state index is 13.2. The lowest BCUT2D eigenvalue weighted by Gasteiger charge is -2.16. The Morgan fingerprint density at radius 1 is 0.981 bits per heavy atom. The van der Waals surface area contributed by atoms with E-state index >= 15 is 0 Å². The summed E-state index contributed by atoms with van der Waals surface area (Å²) in [5, 5.41) is 4.42. The summed E-state index contributed by atoms with van der Waals surface area (Å²) in [4.78, 5) is 18.3. The molecule has 0 spiro atoms. The maximum Gasteiger partial charge on any atom is 0.340 e. The predicted octanol–water partition coefficient (Wildman–Crippen LogP) is 7.40. The van der Waals surface area contributed by atoms with E-state index in [0.29, 0.717) is 30.1 Å². The SMILES string of the molecule is C=C/C=c1\c(=C/C)c2cc(/C=c3/oc(=Nc4ccccc4C(=O)OCCCC)n(CCc4ccc(OC)cc4)c3=C3CCC3)ccc2n1-c1ccccc1. The molecule has 1 saturated carbocycles. The number of methoxy groups -OCH3 is 1. The van der Waals surface area contributed by atoms with Crippen molar-refractivity contribution in [2.45, 2.75) is 58.9 Å². The number of benzene rings is 4. The molecule has 0 amide bonds. The summed E-state index contributed by atoms with van der Waals surface area (Å²) in [6.07, 6.45) is 13.8. The Morgan fingerprint density at radius 3 is 2.46 bits per heavy atom. The number of carbonyl (C=O) groups is 1. The van der Waals surface area contributed by atoms with Gasteiger partial charge >= 0.3 is 11.7 Å². The summed E-state index contributed by atoms with van der Waals surface area (Å²) in [6, 6.07) is 32.5. The fraction of sp³-hybridized carbons (Fsp3) is 0.234. The number of oxazole rings is 1. The Hall–Kier alpha value is -6.08. The van der Waals surface area contributed by atoms with Crippen LogP contribution in [0.3, 0.4) is 0 Å². The van der Waals surface area contributed by atoms with Gasteiger partial charge in [-0.2, -0.15) is 4.99 Å². The van der Waals surface area contributed by atoms with Gasteiger partial charge < -0.3 is 18.5 Å². The molecule has 1 aliphatic carbocycles. The van der Waals surface area contributed by atoms with Gasteiger partial charge in [0.2, 0.25) is 0 Å². The standard InChI is InChI=1S/C47H47N3O4/c1-5-8-30-53-46(51)39-20-12-13-21-41(39)48-47-49(29-28-33-22-25-37(52-4)26-23-33)45(35-16-14-17-35)44(54-47)32-34-24-27-43-40(31-34)38(7-3)42(15-6-2)50(43)36-18-10-9-11-19-36/h6-7,9-13,15,18-27,31-32H,2,5,8,14,16-17,28-30H2,1,3-4H3/b38-7-,42-15+,44-32+,48-47?. The highest BCUT2D eigenvalue weighted by Gasteiger charge is 2.18. The van der Waals surface area contributed by atoms with Crippen molar-refractivity contribution in [3.63, 3.8) is 0 Å². The van der Waals surface area contributed by atoms with Crippen LogP contribution in [0.25, 0.3) is 40.4 Å². The van der Waals surface area contributed by atoms with E-state index in [1.165, 1.54) is 11.1 Å². The van der Waals surface area contributed by atoms with E-state index in [1.54, 1.807) is 13.2 Å². The number of hydrogen-bond acceptors (Lipinski definition) is 5. The van der Waals surface area contributed by atoms with Crippen LogP contribution in [0.4, 0.5) is 5.69 Å². The lowest BCUT2D eigenvalue weighted by molar-refractivity contribution is 0.0500. The topological polar surface area (TPSA) is 70.9 Å². The van der Waals surface area contributed by atoms with Crippen LogP contribution in [0.15, 0.2) is 119 Å². The highest BCUT2D eigenvalue weighted by atomic mass is 16.5. The average Bonchev–Trinajstić information content (AvgIpc) is 3.67. The van der Waals surface area contributed by atoms with E-state index in [4.69, 9.17) is 18.9 Å². The third-order valence-corrected chi connectivity index (χ3v) is 10.0. The van der Waals surface area contributed by atoms with Crippen LogP contribution < -0.4 is 31.8 Å². The number of para-hydroxylation sites is 2. The van der Waals surface area contributed by atoms with Crippen molar-refractivity contribution < 1.29 is 18.7 Å². The number of allylic oxidation sites excluding steroid dienone is 1. The highest BCUT2D eigenvalue weighted by molar-refractivity contribution is 5.94.